The average Bonchev–Trinajstić information content (AvgIpc) is 2.89. The highest BCUT2D eigenvalue weighted by Gasteiger charge is 2.35. The van der Waals surface area contributed by atoms with Crippen molar-refractivity contribution in [1.82, 2.24) is 14.9 Å². The van der Waals surface area contributed by atoms with E-state index in [9.17, 15) is 4.79 Å². The maximum atomic E-state index is 12.6. The second-order valence-corrected chi connectivity index (χ2v) is 7.65. The number of aromatic nitrogens is 2. The molecular weight excluding hydrogens is 294 g/mol. The molecule has 0 aliphatic heterocycles. The summed E-state index contributed by atoms with van der Waals surface area (Å²) in [5.41, 5.74) is 0.330. The zero-order chi connectivity index (χ0) is 14.8. The van der Waals surface area contributed by atoms with E-state index in [0.29, 0.717) is 10.8 Å². The molecule has 1 aliphatic carbocycles. The van der Waals surface area contributed by atoms with Gasteiger partial charge in [0.1, 0.15) is 4.88 Å². The summed E-state index contributed by atoms with van der Waals surface area (Å²) < 4.78 is 3.95. The minimum Gasteiger partial charge on any atom is -0.345 e. The van der Waals surface area contributed by atoms with Crippen LogP contribution < -0.4 is 5.32 Å². The van der Waals surface area contributed by atoms with Crippen LogP contribution in [0.4, 0.5) is 0 Å². The molecular formula is C14H22ClN3OS. The number of nitrogens with zero attached hydrogens (tertiary/aromatic N) is 2. The van der Waals surface area contributed by atoms with E-state index in [2.05, 4.69) is 14.9 Å². The van der Waals surface area contributed by atoms with Gasteiger partial charge < -0.3 is 5.32 Å². The van der Waals surface area contributed by atoms with Crippen LogP contribution in [-0.4, -0.2) is 26.9 Å². The lowest BCUT2D eigenvalue weighted by atomic mass is 9.83. The van der Waals surface area contributed by atoms with Gasteiger partial charge in [0.2, 0.25) is 0 Å². The van der Waals surface area contributed by atoms with E-state index in [1.807, 2.05) is 20.8 Å². The third kappa shape index (κ3) is 3.31. The van der Waals surface area contributed by atoms with Gasteiger partial charge in [-0.3, -0.25) is 4.79 Å². The summed E-state index contributed by atoms with van der Waals surface area (Å²) in [6, 6.07) is 0. The van der Waals surface area contributed by atoms with Crippen LogP contribution in [0.3, 0.4) is 0 Å². The van der Waals surface area contributed by atoms with Crippen LogP contribution >= 0.6 is 23.1 Å². The van der Waals surface area contributed by atoms with Crippen LogP contribution in [0.2, 0.25) is 0 Å². The van der Waals surface area contributed by atoms with Crippen LogP contribution in [0.25, 0.3) is 0 Å². The van der Waals surface area contributed by atoms with Crippen molar-refractivity contribution in [2.45, 2.75) is 63.8 Å². The van der Waals surface area contributed by atoms with Crippen molar-refractivity contribution >= 4 is 29.0 Å². The van der Waals surface area contributed by atoms with Gasteiger partial charge in [-0.15, -0.1) is 16.7 Å². The molecule has 0 saturated heterocycles. The van der Waals surface area contributed by atoms with Gasteiger partial charge in [0.15, 0.2) is 0 Å². The minimum atomic E-state index is -0.254. The van der Waals surface area contributed by atoms with Crippen molar-refractivity contribution in [3.05, 3.63) is 10.6 Å². The van der Waals surface area contributed by atoms with Gasteiger partial charge in [0, 0.05) is 11.3 Å². The van der Waals surface area contributed by atoms with Gasteiger partial charge in [0.25, 0.3) is 5.91 Å². The summed E-state index contributed by atoms with van der Waals surface area (Å²) in [6.45, 7) is 6.12. The van der Waals surface area contributed by atoms with E-state index in [0.717, 1.165) is 31.4 Å². The quantitative estimate of drug-likeness (QED) is 0.868. The van der Waals surface area contributed by atoms with E-state index < -0.39 is 0 Å². The smallest absolute Gasteiger partial charge is 0.265 e. The third-order valence-corrected chi connectivity index (χ3v) is 5.09. The van der Waals surface area contributed by atoms with E-state index in [-0.39, 0.29) is 16.9 Å². The van der Waals surface area contributed by atoms with Gasteiger partial charge in [0.05, 0.1) is 11.2 Å². The number of halogens is 1. The molecule has 1 N–H and O–H groups in total. The number of rotatable bonds is 3. The van der Waals surface area contributed by atoms with Crippen molar-refractivity contribution in [3.63, 3.8) is 0 Å². The predicted molar refractivity (Wildman–Crippen MR) is 82.6 cm³/mol. The number of hydrogen-bond donors (Lipinski definition) is 1. The molecule has 0 bridgehead atoms. The lowest BCUT2D eigenvalue weighted by molar-refractivity contribution is 0.0886. The number of carbonyl (C=O) groups excluding carboxylic acids is 1. The van der Waals surface area contributed by atoms with Crippen molar-refractivity contribution in [3.8, 4) is 0 Å². The SMILES string of the molecule is CC(C)(C)c1nnsc1C(=O)NC1(CCl)CCCCC1. The fraction of sp³-hybridized carbons (Fsp3) is 0.786. The van der Waals surface area contributed by atoms with E-state index >= 15 is 0 Å². The van der Waals surface area contributed by atoms with Crippen molar-refractivity contribution in [2.75, 3.05) is 5.88 Å². The largest absolute Gasteiger partial charge is 0.345 e. The van der Waals surface area contributed by atoms with Gasteiger partial charge in [-0.1, -0.05) is 44.5 Å². The third-order valence-electron chi connectivity index (χ3n) is 3.85. The standard InChI is InChI=1S/C14H22ClN3OS/c1-13(2,3)11-10(20-18-17-11)12(19)16-14(9-15)7-5-4-6-8-14/h4-9H2,1-3H3,(H,16,19). The lowest BCUT2D eigenvalue weighted by Crippen LogP contribution is -2.51. The maximum absolute atomic E-state index is 12.6. The Hall–Kier alpha value is -0.680. The first-order valence-electron chi connectivity index (χ1n) is 7.09. The maximum Gasteiger partial charge on any atom is 0.265 e. The first-order chi connectivity index (χ1) is 9.38. The predicted octanol–water partition coefficient (Wildman–Crippen LogP) is 3.51. The van der Waals surface area contributed by atoms with Crippen LogP contribution in [0.15, 0.2) is 0 Å². The van der Waals surface area contributed by atoms with Crippen LogP contribution in [0.1, 0.15) is 68.2 Å². The average molecular weight is 316 g/mol. The molecule has 1 saturated carbocycles. The number of carbonyl (C=O) groups is 1. The van der Waals surface area contributed by atoms with E-state index in [4.69, 9.17) is 11.6 Å². The molecule has 112 valence electrons. The van der Waals surface area contributed by atoms with Gasteiger partial charge in [-0.2, -0.15) is 0 Å². The van der Waals surface area contributed by atoms with E-state index in [1.165, 1.54) is 18.0 Å². The zero-order valence-electron chi connectivity index (χ0n) is 12.3. The Morgan fingerprint density at radius 1 is 1.35 bits per heavy atom. The molecule has 0 radical (unpaired) electrons. The Balaban J connectivity index is 2.18. The van der Waals surface area contributed by atoms with Crippen molar-refractivity contribution in [1.29, 1.82) is 0 Å². The summed E-state index contributed by atoms with van der Waals surface area (Å²) in [5.74, 6) is 0.392. The monoisotopic (exact) mass is 315 g/mol. The van der Waals surface area contributed by atoms with Crippen LogP contribution in [0, 0.1) is 0 Å². The van der Waals surface area contributed by atoms with Crippen molar-refractivity contribution < 1.29 is 4.79 Å². The molecule has 6 heteroatoms. The molecule has 0 aromatic carbocycles. The fourth-order valence-corrected chi connectivity index (χ4v) is 3.75. The number of hydrogen-bond acceptors (Lipinski definition) is 4. The summed E-state index contributed by atoms with van der Waals surface area (Å²) in [4.78, 5) is 13.2. The minimum absolute atomic E-state index is 0.0764. The molecule has 4 nitrogen and oxygen atoms in total. The van der Waals surface area contributed by atoms with Gasteiger partial charge in [-0.05, 0) is 24.4 Å². The van der Waals surface area contributed by atoms with Gasteiger partial charge >= 0.3 is 0 Å². The first kappa shape index (κ1) is 15.7. The highest BCUT2D eigenvalue weighted by Crippen LogP contribution is 2.31. The summed E-state index contributed by atoms with van der Waals surface area (Å²) in [6.07, 6.45) is 5.39. The molecule has 1 fully saturated rings. The molecule has 1 aliphatic rings. The Kier molecular flexibility index (Phi) is 4.69. The van der Waals surface area contributed by atoms with Crippen LogP contribution in [-0.2, 0) is 5.41 Å². The molecule has 20 heavy (non-hydrogen) atoms. The molecule has 1 aromatic heterocycles. The topological polar surface area (TPSA) is 54.9 Å². The molecule has 0 spiro atoms. The summed E-state index contributed by atoms with van der Waals surface area (Å²) >= 11 is 7.30. The Bertz CT molecular complexity index is 475. The van der Waals surface area contributed by atoms with E-state index in [1.54, 1.807) is 0 Å². The van der Waals surface area contributed by atoms with Crippen LogP contribution in [0.5, 0.6) is 0 Å². The fourth-order valence-electron chi connectivity index (χ4n) is 2.65. The Morgan fingerprint density at radius 2 is 2.00 bits per heavy atom. The molecule has 0 unspecified atom stereocenters. The second kappa shape index (κ2) is 5.98. The number of nitrogens with one attached hydrogen (secondary N) is 1. The molecule has 1 heterocycles. The normalized spacial score (nSPS) is 18.8. The lowest BCUT2D eigenvalue weighted by Gasteiger charge is -2.36. The molecule has 1 amide bonds. The Morgan fingerprint density at radius 3 is 2.55 bits per heavy atom. The number of alkyl halides is 1. The van der Waals surface area contributed by atoms with Crippen molar-refractivity contribution in [2.24, 2.45) is 0 Å². The highest BCUT2D eigenvalue weighted by molar-refractivity contribution is 7.08. The summed E-state index contributed by atoms with van der Waals surface area (Å²) in [5, 5.41) is 7.28. The molecule has 2 rings (SSSR count). The second-order valence-electron chi connectivity index (χ2n) is 6.63. The first-order valence-corrected chi connectivity index (χ1v) is 8.40. The Labute approximate surface area is 129 Å². The number of amides is 1. The summed E-state index contributed by atoms with van der Waals surface area (Å²) in [7, 11) is 0. The molecule has 1 aromatic rings. The zero-order valence-corrected chi connectivity index (χ0v) is 13.9. The van der Waals surface area contributed by atoms with Gasteiger partial charge in [-0.25, -0.2) is 0 Å². The highest BCUT2D eigenvalue weighted by atomic mass is 35.5. The molecule has 0 atom stereocenters.